The summed E-state index contributed by atoms with van der Waals surface area (Å²) >= 11 is 0. The molecule has 4 bridgehead atoms. The van der Waals surface area contributed by atoms with Crippen LogP contribution in [0.15, 0.2) is 12.1 Å². The number of hydrogen-bond donors (Lipinski definition) is 2. The fraction of sp³-hybridized carbons (Fsp3) is 0.789. The van der Waals surface area contributed by atoms with Gasteiger partial charge in [0.15, 0.2) is 0 Å². The van der Waals surface area contributed by atoms with E-state index in [0.29, 0.717) is 31.3 Å². The van der Waals surface area contributed by atoms with Crippen LogP contribution in [0.1, 0.15) is 54.6 Å². The molecule has 0 amide bonds. The highest BCUT2D eigenvalue weighted by molar-refractivity contribution is 5.84. The van der Waals surface area contributed by atoms with Crippen molar-refractivity contribution in [3.8, 4) is 0 Å². The minimum atomic E-state index is -1.25. The zero-order chi connectivity index (χ0) is 18.7. The molecular formula is C19H24O5. The number of aliphatic carboxylic acids is 1. The normalized spacial score (nSPS) is 58.5. The van der Waals surface area contributed by atoms with Crippen LogP contribution in [-0.4, -0.2) is 33.4 Å². The molecule has 24 heavy (non-hydrogen) atoms. The Morgan fingerprint density at radius 2 is 2.21 bits per heavy atom. The van der Waals surface area contributed by atoms with Gasteiger partial charge in [0.2, 0.25) is 0 Å². The zero-order valence-electron chi connectivity index (χ0n) is 15.8. The summed E-state index contributed by atoms with van der Waals surface area (Å²) in [6.07, 6.45) is 3.68. The first-order valence-corrected chi connectivity index (χ1v) is 8.96. The molecule has 5 fully saturated rings. The van der Waals surface area contributed by atoms with Gasteiger partial charge < -0.3 is 14.9 Å². The number of carbonyl (C=O) groups is 2. The molecule has 0 radical (unpaired) electrons. The molecule has 2 N–H and O–H groups in total. The van der Waals surface area contributed by atoms with Crippen LogP contribution in [0, 0.1) is 28.6 Å². The highest BCUT2D eigenvalue weighted by Gasteiger charge is 2.82. The van der Waals surface area contributed by atoms with Gasteiger partial charge in [-0.05, 0) is 62.9 Å². The van der Waals surface area contributed by atoms with Crippen molar-refractivity contribution in [1.82, 2.24) is 0 Å². The first-order chi connectivity index (χ1) is 12.1. The summed E-state index contributed by atoms with van der Waals surface area (Å²) in [6, 6.07) is 0. The molecule has 0 aromatic heterocycles. The van der Waals surface area contributed by atoms with Gasteiger partial charge in [0.25, 0.3) is 0 Å². The fourth-order valence-corrected chi connectivity index (χ4v) is 7.58. The van der Waals surface area contributed by atoms with Crippen molar-refractivity contribution in [2.75, 3.05) is 0 Å². The summed E-state index contributed by atoms with van der Waals surface area (Å²) in [6.45, 7) is 1.46. The molecule has 1 aliphatic heterocycles. The molecule has 130 valence electrons. The van der Waals surface area contributed by atoms with Crippen molar-refractivity contribution in [1.29, 1.82) is 0 Å². The van der Waals surface area contributed by atoms with Gasteiger partial charge in [-0.25, -0.2) is 0 Å². The highest BCUT2D eigenvalue weighted by Crippen LogP contribution is 2.78. The minimum absolute atomic E-state index is 0.121. The summed E-state index contributed by atoms with van der Waals surface area (Å²) in [4.78, 5) is 25.2. The second-order valence-corrected chi connectivity index (χ2v) is 9.10. The van der Waals surface area contributed by atoms with Crippen LogP contribution in [0.5, 0.6) is 0 Å². The number of carbonyl (C=O) groups excluding carboxylic acids is 1. The quantitative estimate of drug-likeness (QED) is 0.568. The van der Waals surface area contributed by atoms with Crippen LogP contribution in [0.3, 0.4) is 0 Å². The second-order valence-electron chi connectivity index (χ2n) is 9.10. The Morgan fingerprint density at radius 3 is 2.92 bits per heavy atom. The number of aliphatic hydroxyl groups is 1. The van der Waals surface area contributed by atoms with E-state index in [1.807, 2.05) is 6.92 Å². The second kappa shape index (κ2) is 3.90. The van der Waals surface area contributed by atoms with Crippen LogP contribution in [0.25, 0.3) is 0 Å². The van der Waals surface area contributed by atoms with Crippen molar-refractivity contribution in [2.24, 2.45) is 28.6 Å². The van der Waals surface area contributed by atoms with Gasteiger partial charge in [-0.1, -0.05) is 6.53 Å². The molecule has 4 aliphatic carbocycles. The third-order valence-corrected chi connectivity index (χ3v) is 8.26. The van der Waals surface area contributed by atoms with Gasteiger partial charge in [-0.15, -0.1) is 0 Å². The number of esters is 1. The smallest absolute Gasteiger partial charge is 0.312 e. The first-order valence-electron chi connectivity index (χ1n) is 9.96. The summed E-state index contributed by atoms with van der Waals surface area (Å²) in [7, 11) is 0. The third kappa shape index (κ3) is 1.29. The standard InChI is InChI=1S/C19H24O5/c1-10-8-17-9-18(10,23)7-4-11(17)19-6-3-5-16(2,15(22)24-19)13(19)12(17)14(20)21/h11-13,23H,1,3-9H2,2H3,(H,20,21)/t11-,12-,13-,16-,17+,18+,19-/m1/s1/i1D2. The van der Waals surface area contributed by atoms with Gasteiger partial charge in [-0.2, -0.15) is 0 Å². The van der Waals surface area contributed by atoms with Crippen LogP contribution in [0.2, 0.25) is 0 Å². The van der Waals surface area contributed by atoms with Gasteiger partial charge in [-0.3, -0.25) is 9.59 Å². The SMILES string of the molecule is [2H]C([2H])=C1C[C@]23C[C@@]1(O)CC[C@H]2[C@@]12CCC[C@@](C)(C(=O)O1)[C@H]2[C@@H]3C(=O)O. The lowest BCUT2D eigenvalue weighted by Crippen LogP contribution is -2.48. The molecule has 1 heterocycles. The number of carboxylic acid groups (broad SMARTS) is 1. The topological polar surface area (TPSA) is 83.8 Å². The maximum Gasteiger partial charge on any atom is 0.312 e. The molecular weight excluding hydrogens is 308 g/mol. The largest absolute Gasteiger partial charge is 0.481 e. The molecule has 0 aromatic rings. The number of rotatable bonds is 1. The average Bonchev–Trinajstić information content (AvgIpc) is 2.96. The Hall–Kier alpha value is -1.36. The predicted molar refractivity (Wildman–Crippen MR) is 83.9 cm³/mol. The van der Waals surface area contributed by atoms with Crippen molar-refractivity contribution >= 4 is 11.9 Å². The molecule has 4 saturated carbocycles. The summed E-state index contributed by atoms with van der Waals surface area (Å²) in [5, 5.41) is 21.3. The number of hydrogen-bond acceptors (Lipinski definition) is 4. The molecule has 5 aliphatic rings. The summed E-state index contributed by atoms with van der Waals surface area (Å²) < 4.78 is 21.6. The Morgan fingerprint density at radius 1 is 1.42 bits per heavy atom. The van der Waals surface area contributed by atoms with E-state index in [9.17, 15) is 19.8 Å². The van der Waals surface area contributed by atoms with E-state index < -0.39 is 40.5 Å². The average molecular weight is 334 g/mol. The van der Waals surface area contributed by atoms with Crippen LogP contribution >= 0.6 is 0 Å². The maximum atomic E-state index is 12.7. The van der Waals surface area contributed by atoms with E-state index in [-0.39, 0.29) is 30.6 Å². The van der Waals surface area contributed by atoms with Crippen LogP contribution in [-0.2, 0) is 14.3 Å². The van der Waals surface area contributed by atoms with E-state index in [4.69, 9.17) is 7.48 Å². The summed E-state index contributed by atoms with van der Waals surface area (Å²) in [5.74, 6) is -2.50. The molecule has 1 saturated heterocycles. The lowest BCUT2D eigenvalue weighted by Gasteiger charge is -2.45. The van der Waals surface area contributed by atoms with Crippen LogP contribution in [0.4, 0.5) is 0 Å². The van der Waals surface area contributed by atoms with Gasteiger partial charge in [0.1, 0.15) is 5.60 Å². The first kappa shape index (κ1) is 12.9. The van der Waals surface area contributed by atoms with E-state index in [1.165, 1.54) is 0 Å². The van der Waals surface area contributed by atoms with Crippen molar-refractivity contribution < 1.29 is 27.3 Å². The van der Waals surface area contributed by atoms with E-state index in [2.05, 4.69) is 0 Å². The van der Waals surface area contributed by atoms with Crippen molar-refractivity contribution in [2.45, 2.75) is 63.1 Å². The molecule has 7 atom stereocenters. The third-order valence-electron chi connectivity index (χ3n) is 8.26. The van der Waals surface area contributed by atoms with E-state index >= 15 is 0 Å². The van der Waals surface area contributed by atoms with Gasteiger partial charge in [0.05, 0.1) is 19.7 Å². The predicted octanol–water partition coefficient (Wildman–Crippen LogP) is 2.28. The van der Waals surface area contributed by atoms with E-state index in [1.54, 1.807) is 0 Å². The minimum Gasteiger partial charge on any atom is -0.481 e. The zero-order valence-corrected chi connectivity index (χ0v) is 13.8. The Kier molecular flexibility index (Phi) is 2.10. The molecule has 5 heteroatoms. The number of fused-ring (bicyclic) bond motifs is 1. The van der Waals surface area contributed by atoms with Crippen molar-refractivity contribution in [3.05, 3.63) is 12.1 Å². The van der Waals surface area contributed by atoms with Crippen LogP contribution < -0.4 is 0 Å². The monoisotopic (exact) mass is 334 g/mol. The van der Waals surface area contributed by atoms with E-state index in [0.717, 1.165) is 6.42 Å². The lowest BCUT2D eigenvalue weighted by atomic mass is 9.60. The Balaban J connectivity index is 1.75. The lowest BCUT2D eigenvalue weighted by molar-refractivity contribution is -0.162. The van der Waals surface area contributed by atoms with Crippen molar-refractivity contribution in [3.63, 3.8) is 0 Å². The molecule has 5 nitrogen and oxygen atoms in total. The fourth-order valence-electron chi connectivity index (χ4n) is 7.58. The molecule has 1 spiro atoms. The van der Waals surface area contributed by atoms with Gasteiger partial charge >= 0.3 is 11.9 Å². The molecule has 0 unspecified atom stereocenters. The molecule has 0 aromatic carbocycles. The van der Waals surface area contributed by atoms with Gasteiger partial charge in [0, 0.05) is 11.8 Å². The maximum absolute atomic E-state index is 12.7. The summed E-state index contributed by atoms with van der Waals surface area (Å²) in [5.41, 5.74) is -3.15. The highest BCUT2D eigenvalue weighted by atomic mass is 16.6. The Labute approximate surface area is 143 Å². The Bertz CT molecular complexity index is 776. The number of ether oxygens (including phenoxy) is 1. The molecule has 5 rings (SSSR count). The number of carboxylic acids is 1.